The van der Waals surface area contributed by atoms with E-state index in [4.69, 9.17) is 0 Å². The Kier molecular flexibility index (Phi) is 3.96. The van der Waals surface area contributed by atoms with E-state index in [1.807, 2.05) is 67.6 Å². The van der Waals surface area contributed by atoms with Crippen LogP contribution in [-0.4, -0.2) is 24.9 Å². The van der Waals surface area contributed by atoms with Gasteiger partial charge in [-0.1, -0.05) is 60.7 Å². The first-order valence-electron chi connectivity index (χ1n) is 7.95. The smallest absolute Gasteiger partial charge is 0.201 e. The Balaban J connectivity index is 1.90. The summed E-state index contributed by atoms with van der Waals surface area (Å²) in [4.78, 5) is 22.5. The minimum atomic E-state index is 0.465. The van der Waals surface area contributed by atoms with Crippen molar-refractivity contribution in [2.75, 3.05) is 0 Å². The van der Waals surface area contributed by atoms with Gasteiger partial charge in [0.2, 0.25) is 5.82 Å². The average Bonchev–Trinajstić information content (AvgIpc) is 2.69. The van der Waals surface area contributed by atoms with Gasteiger partial charge in [0.05, 0.1) is 0 Å². The first-order valence-corrected chi connectivity index (χ1v) is 7.95. The molecular weight excluding hydrogens is 310 g/mol. The van der Waals surface area contributed by atoms with E-state index in [9.17, 15) is 0 Å². The Morgan fingerprint density at radius 1 is 0.520 bits per heavy atom. The van der Waals surface area contributed by atoms with Gasteiger partial charge >= 0.3 is 0 Å². The van der Waals surface area contributed by atoms with Crippen LogP contribution in [0, 0.1) is 6.92 Å². The van der Waals surface area contributed by atoms with Gasteiger partial charge in [0.25, 0.3) is 0 Å². The highest BCUT2D eigenvalue weighted by molar-refractivity contribution is 5.63. The predicted octanol–water partition coefficient (Wildman–Crippen LogP) is 3.97. The molecule has 0 bridgehead atoms. The Morgan fingerprint density at radius 3 is 1.44 bits per heavy atom. The quantitative estimate of drug-likeness (QED) is 0.570. The molecule has 120 valence electrons. The normalized spacial score (nSPS) is 10.6. The summed E-state index contributed by atoms with van der Waals surface area (Å²) in [6.07, 6.45) is 3.52. The summed E-state index contributed by atoms with van der Waals surface area (Å²) in [5.41, 5.74) is 2.84. The summed E-state index contributed by atoms with van der Waals surface area (Å²) in [6.45, 7) is 1.95. The molecule has 0 saturated carbocycles. The van der Waals surface area contributed by atoms with E-state index in [0.29, 0.717) is 23.3 Å². The van der Waals surface area contributed by atoms with Crippen LogP contribution in [0.25, 0.3) is 34.4 Å². The fourth-order valence-electron chi connectivity index (χ4n) is 2.42. The molecular formula is C20H15N5. The van der Waals surface area contributed by atoms with E-state index in [0.717, 1.165) is 16.7 Å². The summed E-state index contributed by atoms with van der Waals surface area (Å²) in [6, 6.07) is 19.7. The van der Waals surface area contributed by atoms with Crippen LogP contribution in [0.2, 0.25) is 0 Å². The second-order valence-electron chi connectivity index (χ2n) is 5.62. The molecule has 0 atom stereocenters. The van der Waals surface area contributed by atoms with Crippen molar-refractivity contribution in [3.8, 4) is 34.4 Å². The molecule has 0 unspecified atom stereocenters. The number of rotatable bonds is 3. The Labute approximate surface area is 145 Å². The van der Waals surface area contributed by atoms with Gasteiger partial charge in [-0.15, -0.1) is 0 Å². The van der Waals surface area contributed by atoms with E-state index in [1.165, 1.54) is 0 Å². The van der Waals surface area contributed by atoms with Crippen molar-refractivity contribution in [3.05, 3.63) is 78.6 Å². The highest BCUT2D eigenvalue weighted by Gasteiger charge is 2.13. The highest BCUT2D eigenvalue weighted by Crippen LogP contribution is 2.22. The fourth-order valence-corrected chi connectivity index (χ4v) is 2.42. The van der Waals surface area contributed by atoms with Gasteiger partial charge in [0.15, 0.2) is 17.5 Å². The third-order valence-corrected chi connectivity index (χ3v) is 3.68. The summed E-state index contributed by atoms with van der Waals surface area (Å²) >= 11 is 0. The van der Waals surface area contributed by atoms with Crippen molar-refractivity contribution in [3.63, 3.8) is 0 Å². The molecule has 0 N–H and O–H groups in total. The predicted molar refractivity (Wildman–Crippen MR) is 96.5 cm³/mol. The van der Waals surface area contributed by atoms with Gasteiger partial charge in [0, 0.05) is 23.5 Å². The van der Waals surface area contributed by atoms with Crippen molar-refractivity contribution in [1.82, 2.24) is 24.9 Å². The van der Waals surface area contributed by atoms with Gasteiger partial charge in [-0.25, -0.2) is 24.9 Å². The number of hydrogen-bond donors (Lipinski definition) is 0. The average molecular weight is 325 g/mol. The first kappa shape index (κ1) is 15.1. The third-order valence-electron chi connectivity index (χ3n) is 3.68. The van der Waals surface area contributed by atoms with Crippen molar-refractivity contribution in [2.24, 2.45) is 0 Å². The third kappa shape index (κ3) is 3.26. The summed E-state index contributed by atoms with van der Waals surface area (Å²) in [7, 11) is 0. The molecule has 4 aromatic rings. The lowest BCUT2D eigenvalue weighted by Crippen LogP contribution is -2.02. The summed E-state index contributed by atoms with van der Waals surface area (Å²) < 4.78 is 0. The minimum Gasteiger partial charge on any atom is -0.234 e. The van der Waals surface area contributed by atoms with Crippen molar-refractivity contribution in [1.29, 1.82) is 0 Å². The Hall–Kier alpha value is -3.47. The van der Waals surface area contributed by atoms with Crippen LogP contribution in [0.15, 0.2) is 73.1 Å². The lowest BCUT2D eigenvalue weighted by molar-refractivity contribution is 1.02. The molecule has 0 radical (unpaired) electrons. The maximum absolute atomic E-state index is 4.64. The zero-order valence-corrected chi connectivity index (χ0v) is 13.7. The minimum absolute atomic E-state index is 0.465. The molecule has 2 aromatic heterocycles. The number of hydrogen-bond acceptors (Lipinski definition) is 5. The van der Waals surface area contributed by atoms with Crippen LogP contribution in [0.3, 0.4) is 0 Å². The molecule has 2 heterocycles. The summed E-state index contributed by atoms with van der Waals surface area (Å²) in [5, 5.41) is 0. The highest BCUT2D eigenvalue weighted by atomic mass is 15.1. The molecule has 0 fully saturated rings. The topological polar surface area (TPSA) is 64.5 Å². The van der Waals surface area contributed by atoms with Crippen LogP contribution in [0.5, 0.6) is 0 Å². The molecule has 0 aliphatic heterocycles. The van der Waals surface area contributed by atoms with Crippen molar-refractivity contribution in [2.45, 2.75) is 6.92 Å². The molecule has 2 aromatic carbocycles. The van der Waals surface area contributed by atoms with Gasteiger partial charge in [-0.3, -0.25) is 0 Å². The van der Waals surface area contributed by atoms with Gasteiger partial charge in [0.1, 0.15) is 0 Å². The van der Waals surface area contributed by atoms with Crippen LogP contribution in [-0.2, 0) is 0 Å². The maximum Gasteiger partial charge on any atom is 0.201 e. The molecule has 0 saturated heterocycles. The number of nitrogens with zero attached hydrogens (tertiary/aromatic N) is 5. The van der Waals surface area contributed by atoms with Crippen molar-refractivity contribution < 1.29 is 0 Å². The molecule has 5 heteroatoms. The van der Waals surface area contributed by atoms with Gasteiger partial charge in [-0.05, 0) is 12.5 Å². The van der Waals surface area contributed by atoms with E-state index >= 15 is 0 Å². The Bertz CT molecular complexity index is 926. The SMILES string of the molecule is Cc1cnc(-c2nc(-c3ccccc3)nc(-c3ccccc3)n2)nc1. The van der Waals surface area contributed by atoms with Crippen LogP contribution < -0.4 is 0 Å². The van der Waals surface area contributed by atoms with E-state index < -0.39 is 0 Å². The fraction of sp³-hybridized carbons (Fsp3) is 0.0500. The molecule has 5 nitrogen and oxygen atoms in total. The van der Waals surface area contributed by atoms with Gasteiger partial charge in [-0.2, -0.15) is 0 Å². The standard InChI is InChI=1S/C20H15N5/c1-14-12-21-19(22-13-14)20-24-17(15-8-4-2-5-9-15)23-18(25-20)16-10-6-3-7-11-16/h2-13H,1H3. The van der Waals surface area contributed by atoms with Gasteiger partial charge < -0.3 is 0 Å². The number of aryl methyl sites for hydroxylation is 1. The second-order valence-corrected chi connectivity index (χ2v) is 5.62. The largest absolute Gasteiger partial charge is 0.234 e. The van der Waals surface area contributed by atoms with Crippen LogP contribution in [0.4, 0.5) is 0 Å². The maximum atomic E-state index is 4.64. The molecule has 25 heavy (non-hydrogen) atoms. The van der Waals surface area contributed by atoms with Crippen LogP contribution >= 0.6 is 0 Å². The monoisotopic (exact) mass is 325 g/mol. The molecule has 0 spiro atoms. The second kappa shape index (κ2) is 6.57. The molecule has 0 amide bonds. The van der Waals surface area contributed by atoms with E-state index in [2.05, 4.69) is 24.9 Å². The lowest BCUT2D eigenvalue weighted by Gasteiger charge is -2.07. The number of aromatic nitrogens is 5. The first-order chi connectivity index (χ1) is 12.3. The molecule has 0 aliphatic carbocycles. The Morgan fingerprint density at radius 2 is 0.960 bits per heavy atom. The zero-order valence-electron chi connectivity index (χ0n) is 13.7. The van der Waals surface area contributed by atoms with E-state index in [-0.39, 0.29) is 0 Å². The van der Waals surface area contributed by atoms with Crippen molar-refractivity contribution >= 4 is 0 Å². The molecule has 4 rings (SSSR count). The zero-order chi connectivity index (χ0) is 17.1. The number of benzene rings is 2. The summed E-state index contributed by atoms with van der Waals surface area (Å²) in [5.74, 6) is 2.16. The lowest BCUT2D eigenvalue weighted by atomic mass is 10.2. The molecule has 0 aliphatic rings. The van der Waals surface area contributed by atoms with E-state index in [1.54, 1.807) is 12.4 Å². The van der Waals surface area contributed by atoms with Crippen LogP contribution in [0.1, 0.15) is 5.56 Å².